The minimum absolute atomic E-state index is 0.0521. The maximum Gasteiger partial charge on any atom is 0.170 e. The summed E-state index contributed by atoms with van der Waals surface area (Å²) >= 11 is 5.93. The molecular weight excluding hydrogens is 412 g/mol. The average Bonchev–Trinajstić information content (AvgIpc) is 3.48. The lowest BCUT2D eigenvalue weighted by atomic mass is 9.95. The number of thiocarbonyl (C=S) groups is 1. The molecular formula is C27H32N4S. The third kappa shape index (κ3) is 3.43. The molecule has 2 atom stereocenters. The van der Waals surface area contributed by atoms with Crippen molar-refractivity contribution in [2.45, 2.75) is 71.5 Å². The van der Waals surface area contributed by atoms with Gasteiger partial charge in [0.25, 0.3) is 0 Å². The highest BCUT2D eigenvalue weighted by molar-refractivity contribution is 7.80. The lowest BCUT2D eigenvalue weighted by molar-refractivity contribution is 0.245. The quantitative estimate of drug-likeness (QED) is 0.499. The first-order valence-corrected chi connectivity index (χ1v) is 12.1. The van der Waals surface area contributed by atoms with Crippen LogP contribution in [0.1, 0.15) is 71.5 Å². The molecule has 2 aliphatic rings. The molecule has 5 heteroatoms. The zero-order valence-electron chi connectivity index (χ0n) is 19.4. The summed E-state index contributed by atoms with van der Waals surface area (Å²) in [5, 5.41) is 4.52. The number of nitrogens with zero attached hydrogens (tertiary/aromatic N) is 3. The normalized spacial score (nSPS) is 21.4. The number of nitrogens with one attached hydrogen (secondary N) is 1. The summed E-state index contributed by atoms with van der Waals surface area (Å²) in [5.41, 5.74) is 8.85. The second-order valence-corrected chi connectivity index (χ2v) is 9.76. The van der Waals surface area contributed by atoms with E-state index in [0.717, 1.165) is 10.8 Å². The van der Waals surface area contributed by atoms with Crippen molar-refractivity contribution in [3.05, 3.63) is 82.4 Å². The van der Waals surface area contributed by atoms with E-state index in [2.05, 4.69) is 78.9 Å². The van der Waals surface area contributed by atoms with Gasteiger partial charge in [0, 0.05) is 23.6 Å². The standard InChI is InChI=1S/C27H32N4S/c1-17-10-9-11-18(2)25(17)30-19(3)16-22(20(30)4)26-24(23-14-7-8-15-28-23)29-27(32)31(26)21-12-5-6-13-21/h7-11,14-16,21,24,26H,5-6,12-13H2,1-4H3,(H,29,32)/t24-,26-/m1/s1. The third-order valence-electron chi connectivity index (χ3n) is 7.31. The van der Waals surface area contributed by atoms with Crippen molar-refractivity contribution < 1.29 is 0 Å². The van der Waals surface area contributed by atoms with E-state index in [4.69, 9.17) is 17.2 Å². The molecule has 1 N–H and O–H groups in total. The first-order valence-electron chi connectivity index (χ1n) is 11.7. The molecule has 3 aromatic rings. The zero-order chi connectivity index (χ0) is 22.4. The number of aryl methyl sites for hydroxylation is 3. The maximum absolute atomic E-state index is 5.93. The molecule has 0 radical (unpaired) electrons. The molecule has 0 bridgehead atoms. The minimum atomic E-state index is 0.0521. The van der Waals surface area contributed by atoms with Gasteiger partial charge in [0.05, 0.1) is 23.5 Å². The van der Waals surface area contributed by atoms with Gasteiger partial charge in [0.1, 0.15) is 0 Å². The van der Waals surface area contributed by atoms with E-state index in [1.54, 1.807) is 0 Å². The van der Waals surface area contributed by atoms with Gasteiger partial charge in [-0.15, -0.1) is 0 Å². The lowest BCUT2D eigenvalue weighted by Gasteiger charge is -2.33. The van der Waals surface area contributed by atoms with Crippen LogP contribution in [0, 0.1) is 27.7 Å². The Bertz CT molecular complexity index is 1120. The van der Waals surface area contributed by atoms with Gasteiger partial charge >= 0.3 is 0 Å². The van der Waals surface area contributed by atoms with Gasteiger partial charge in [-0.2, -0.15) is 0 Å². The summed E-state index contributed by atoms with van der Waals surface area (Å²) in [5.74, 6) is 0. The maximum atomic E-state index is 5.93. The summed E-state index contributed by atoms with van der Waals surface area (Å²) in [4.78, 5) is 7.22. The number of rotatable bonds is 4. The Labute approximate surface area is 196 Å². The fourth-order valence-corrected chi connectivity index (χ4v) is 6.25. The first kappa shape index (κ1) is 21.2. The van der Waals surface area contributed by atoms with E-state index in [0.29, 0.717) is 6.04 Å². The SMILES string of the molecule is Cc1cccc(C)c1-n1c(C)cc([C@@H]2[C@@H](c3ccccn3)NC(=S)N2C2CCCC2)c1C. The van der Waals surface area contributed by atoms with Crippen LogP contribution in [0.3, 0.4) is 0 Å². The number of hydrogen-bond donors (Lipinski definition) is 1. The number of aromatic nitrogens is 2. The second-order valence-electron chi connectivity index (χ2n) is 9.37. The van der Waals surface area contributed by atoms with Crippen molar-refractivity contribution in [1.82, 2.24) is 19.8 Å². The molecule has 1 saturated heterocycles. The monoisotopic (exact) mass is 444 g/mol. The van der Waals surface area contributed by atoms with Crippen LogP contribution in [0.5, 0.6) is 0 Å². The fraction of sp³-hybridized carbons (Fsp3) is 0.407. The Hall–Kier alpha value is -2.66. The van der Waals surface area contributed by atoms with Crippen LogP contribution in [0.4, 0.5) is 0 Å². The molecule has 5 rings (SSSR count). The van der Waals surface area contributed by atoms with E-state index < -0.39 is 0 Å². The molecule has 0 unspecified atom stereocenters. The van der Waals surface area contributed by atoms with E-state index in [1.807, 2.05) is 12.3 Å². The predicted octanol–water partition coefficient (Wildman–Crippen LogP) is 6.02. The molecule has 1 saturated carbocycles. The van der Waals surface area contributed by atoms with Crippen LogP contribution < -0.4 is 5.32 Å². The molecule has 32 heavy (non-hydrogen) atoms. The molecule has 1 aliphatic carbocycles. The summed E-state index contributed by atoms with van der Waals surface area (Å²) in [6.07, 6.45) is 6.87. The summed E-state index contributed by atoms with van der Waals surface area (Å²) in [6, 6.07) is 15.8. The first-order chi connectivity index (χ1) is 15.5. The second kappa shape index (κ2) is 8.36. The minimum Gasteiger partial charge on any atom is -0.352 e. The third-order valence-corrected chi connectivity index (χ3v) is 7.63. The Morgan fingerprint density at radius 1 is 0.969 bits per heavy atom. The number of para-hydroxylation sites is 1. The fourth-order valence-electron chi connectivity index (χ4n) is 5.86. The molecule has 4 nitrogen and oxygen atoms in total. The smallest absolute Gasteiger partial charge is 0.170 e. The van der Waals surface area contributed by atoms with Gasteiger partial charge in [-0.25, -0.2) is 0 Å². The Balaban J connectivity index is 1.67. The Morgan fingerprint density at radius 2 is 1.69 bits per heavy atom. The van der Waals surface area contributed by atoms with E-state index in [9.17, 15) is 0 Å². The average molecular weight is 445 g/mol. The van der Waals surface area contributed by atoms with Gasteiger partial charge in [0.2, 0.25) is 0 Å². The predicted molar refractivity (Wildman–Crippen MR) is 134 cm³/mol. The van der Waals surface area contributed by atoms with Crippen LogP contribution in [0.15, 0.2) is 48.7 Å². The number of hydrogen-bond acceptors (Lipinski definition) is 2. The lowest BCUT2D eigenvalue weighted by Crippen LogP contribution is -2.37. The van der Waals surface area contributed by atoms with Crippen molar-refractivity contribution in [2.24, 2.45) is 0 Å². The van der Waals surface area contributed by atoms with Crippen LogP contribution >= 0.6 is 12.2 Å². The van der Waals surface area contributed by atoms with Gasteiger partial charge in [-0.05, 0) is 87.6 Å². The topological polar surface area (TPSA) is 33.1 Å². The van der Waals surface area contributed by atoms with Crippen molar-refractivity contribution in [2.75, 3.05) is 0 Å². The molecule has 3 heterocycles. The van der Waals surface area contributed by atoms with Crippen molar-refractivity contribution >= 4 is 17.3 Å². The van der Waals surface area contributed by atoms with Crippen LogP contribution in [0.25, 0.3) is 5.69 Å². The largest absolute Gasteiger partial charge is 0.352 e. The molecule has 2 fully saturated rings. The van der Waals surface area contributed by atoms with Crippen LogP contribution in [0.2, 0.25) is 0 Å². The van der Waals surface area contributed by atoms with E-state index in [1.165, 1.54) is 59.4 Å². The molecule has 0 amide bonds. The van der Waals surface area contributed by atoms with Crippen molar-refractivity contribution in [3.8, 4) is 5.69 Å². The zero-order valence-corrected chi connectivity index (χ0v) is 20.2. The van der Waals surface area contributed by atoms with Gasteiger partial charge in [0.15, 0.2) is 5.11 Å². The highest BCUT2D eigenvalue weighted by Crippen LogP contribution is 2.45. The van der Waals surface area contributed by atoms with Crippen LogP contribution in [-0.4, -0.2) is 25.6 Å². The van der Waals surface area contributed by atoms with Gasteiger partial charge in [-0.1, -0.05) is 37.1 Å². The highest BCUT2D eigenvalue weighted by atomic mass is 32.1. The summed E-state index contributed by atoms with van der Waals surface area (Å²) < 4.78 is 2.43. The van der Waals surface area contributed by atoms with E-state index >= 15 is 0 Å². The molecule has 0 spiro atoms. The summed E-state index contributed by atoms with van der Waals surface area (Å²) in [7, 11) is 0. The van der Waals surface area contributed by atoms with E-state index in [-0.39, 0.29) is 12.1 Å². The molecule has 1 aliphatic heterocycles. The molecule has 2 aromatic heterocycles. The molecule has 1 aromatic carbocycles. The molecule has 166 valence electrons. The highest BCUT2D eigenvalue weighted by Gasteiger charge is 2.44. The number of pyridine rings is 1. The Kier molecular flexibility index (Phi) is 5.54. The summed E-state index contributed by atoms with van der Waals surface area (Å²) in [6.45, 7) is 8.89. The van der Waals surface area contributed by atoms with Gasteiger partial charge < -0.3 is 14.8 Å². The number of benzene rings is 1. The van der Waals surface area contributed by atoms with Crippen LogP contribution in [-0.2, 0) is 0 Å². The van der Waals surface area contributed by atoms with Crippen molar-refractivity contribution in [1.29, 1.82) is 0 Å². The Morgan fingerprint density at radius 3 is 2.34 bits per heavy atom. The van der Waals surface area contributed by atoms with Crippen molar-refractivity contribution in [3.63, 3.8) is 0 Å². The van der Waals surface area contributed by atoms with Gasteiger partial charge in [-0.3, -0.25) is 4.98 Å².